The van der Waals surface area contributed by atoms with Gasteiger partial charge in [-0.3, -0.25) is 19.2 Å². The molecule has 1 rings (SSSR count). The van der Waals surface area contributed by atoms with Crippen LogP contribution in [0.25, 0.3) is 0 Å². The molecule has 11 heteroatoms. The van der Waals surface area contributed by atoms with E-state index in [1.165, 1.54) is 6.92 Å². The van der Waals surface area contributed by atoms with E-state index in [9.17, 15) is 19.2 Å². The Hall–Kier alpha value is -1.72. The van der Waals surface area contributed by atoms with Crippen LogP contribution in [0.3, 0.4) is 0 Å². The van der Waals surface area contributed by atoms with Crippen molar-refractivity contribution in [2.24, 2.45) is 0 Å². The summed E-state index contributed by atoms with van der Waals surface area (Å²) in [6.45, 7) is 4.58. The largest absolute Gasteiger partial charge is 0.463 e. The molecular weight excluding hydrogens is 432 g/mol. The molecule has 0 unspecified atom stereocenters. The standard InChI is InChI=1S/C16H23BrO10/c1-8(18)23-7-12-13(24-9(2)19)14(25-10(3)20)15(26-11(4)21)16(27-12)22-6-5-17/h12-16H,5-7H2,1-4H3/t12-,13-,14+,15-,16-/m0/s1. The molecule has 0 saturated carbocycles. The number of hydrogen-bond acceptors (Lipinski definition) is 10. The molecule has 1 saturated heterocycles. The zero-order valence-electron chi connectivity index (χ0n) is 15.5. The minimum Gasteiger partial charge on any atom is -0.463 e. The molecule has 154 valence electrons. The zero-order chi connectivity index (χ0) is 20.6. The Labute approximate surface area is 164 Å². The van der Waals surface area contributed by atoms with Crippen molar-refractivity contribution in [2.75, 3.05) is 18.5 Å². The Balaban J connectivity index is 3.22. The molecule has 0 aromatic carbocycles. The number of esters is 4. The van der Waals surface area contributed by atoms with Gasteiger partial charge in [-0.25, -0.2) is 0 Å². The summed E-state index contributed by atoms with van der Waals surface area (Å²) < 4.78 is 31.9. The topological polar surface area (TPSA) is 124 Å². The first-order valence-electron chi connectivity index (χ1n) is 8.13. The van der Waals surface area contributed by atoms with Crippen LogP contribution in [0.5, 0.6) is 0 Å². The summed E-state index contributed by atoms with van der Waals surface area (Å²) in [7, 11) is 0. The van der Waals surface area contributed by atoms with Crippen LogP contribution < -0.4 is 0 Å². The summed E-state index contributed by atoms with van der Waals surface area (Å²) >= 11 is 3.20. The molecule has 10 nitrogen and oxygen atoms in total. The molecule has 1 heterocycles. The van der Waals surface area contributed by atoms with E-state index in [1.807, 2.05) is 0 Å². The maximum absolute atomic E-state index is 11.6. The van der Waals surface area contributed by atoms with Crippen molar-refractivity contribution >= 4 is 39.8 Å². The number of ether oxygens (including phenoxy) is 6. The monoisotopic (exact) mass is 454 g/mol. The number of carbonyl (C=O) groups is 4. The molecule has 0 amide bonds. The van der Waals surface area contributed by atoms with Crippen molar-refractivity contribution in [3.8, 4) is 0 Å². The first-order valence-corrected chi connectivity index (χ1v) is 9.25. The lowest BCUT2D eigenvalue weighted by molar-refractivity contribution is -0.306. The molecule has 0 spiro atoms. The number of alkyl halides is 1. The van der Waals surface area contributed by atoms with Crippen LogP contribution in [0, 0.1) is 0 Å². The van der Waals surface area contributed by atoms with E-state index >= 15 is 0 Å². The summed E-state index contributed by atoms with van der Waals surface area (Å²) in [5.41, 5.74) is 0. The average Bonchev–Trinajstić information content (AvgIpc) is 2.54. The molecule has 0 N–H and O–H groups in total. The third-order valence-electron chi connectivity index (χ3n) is 3.31. The lowest BCUT2D eigenvalue weighted by Crippen LogP contribution is -2.63. The van der Waals surface area contributed by atoms with Crippen molar-refractivity contribution in [1.82, 2.24) is 0 Å². The smallest absolute Gasteiger partial charge is 0.303 e. The minimum atomic E-state index is -1.22. The van der Waals surface area contributed by atoms with E-state index in [4.69, 9.17) is 28.4 Å². The fourth-order valence-electron chi connectivity index (χ4n) is 2.48. The Morgan fingerprint density at radius 3 is 1.81 bits per heavy atom. The second kappa shape index (κ2) is 11.2. The molecule has 5 atom stereocenters. The van der Waals surface area contributed by atoms with Gasteiger partial charge in [0, 0.05) is 33.0 Å². The van der Waals surface area contributed by atoms with Crippen molar-refractivity contribution in [3.05, 3.63) is 0 Å². The number of rotatable bonds is 8. The maximum Gasteiger partial charge on any atom is 0.303 e. The first kappa shape index (κ1) is 23.3. The van der Waals surface area contributed by atoms with Crippen LogP contribution >= 0.6 is 15.9 Å². The van der Waals surface area contributed by atoms with Gasteiger partial charge in [0.2, 0.25) is 0 Å². The molecule has 0 aromatic rings. The number of hydrogen-bond donors (Lipinski definition) is 0. The van der Waals surface area contributed by atoms with Crippen molar-refractivity contribution in [3.63, 3.8) is 0 Å². The van der Waals surface area contributed by atoms with E-state index in [0.29, 0.717) is 5.33 Å². The van der Waals surface area contributed by atoms with Gasteiger partial charge in [0.25, 0.3) is 0 Å². The van der Waals surface area contributed by atoms with Crippen molar-refractivity contribution in [1.29, 1.82) is 0 Å². The second-order valence-corrected chi connectivity index (χ2v) is 6.42. The predicted molar refractivity (Wildman–Crippen MR) is 91.7 cm³/mol. The Kier molecular flexibility index (Phi) is 9.67. The van der Waals surface area contributed by atoms with Crippen LogP contribution in [0.1, 0.15) is 27.7 Å². The Bertz CT molecular complexity index is 551. The van der Waals surface area contributed by atoms with Crippen LogP contribution in [0.15, 0.2) is 0 Å². The SMILES string of the molecule is CC(=O)OC[C@@H]1O[C@H](OCCBr)[C@@H](OC(C)=O)[C@H](OC(C)=O)[C@H]1OC(C)=O. The molecule has 1 aliphatic heterocycles. The highest BCUT2D eigenvalue weighted by Crippen LogP contribution is 2.29. The Morgan fingerprint density at radius 2 is 1.33 bits per heavy atom. The van der Waals surface area contributed by atoms with Crippen molar-refractivity contribution < 1.29 is 47.6 Å². The minimum absolute atomic E-state index is 0.188. The van der Waals surface area contributed by atoms with E-state index in [1.54, 1.807) is 0 Å². The van der Waals surface area contributed by atoms with E-state index in [0.717, 1.165) is 20.8 Å². The lowest BCUT2D eigenvalue weighted by Gasteiger charge is -2.44. The highest BCUT2D eigenvalue weighted by atomic mass is 79.9. The normalized spacial score (nSPS) is 27.4. The molecule has 0 aliphatic carbocycles. The average molecular weight is 455 g/mol. The summed E-state index contributed by atoms with van der Waals surface area (Å²) in [4.78, 5) is 45.8. The van der Waals surface area contributed by atoms with Gasteiger partial charge in [0.05, 0.1) is 6.61 Å². The molecule has 0 radical (unpaired) electrons. The van der Waals surface area contributed by atoms with Gasteiger partial charge >= 0.3 is 23.9 Å². The fraction of sp³-hybridized carbons (Fsp3) is 0.750. The third kappa shape index (κ3) is 7.81. The van der Waals surface area contributed by atoms with Crippen LogP contribution in [0.2, 0.25) is 0 Å². The summed E-state index contributed by atoms with van der Waals surface area (Å²) in [5.74, 6) is -2.63. The zero-order valence-corrected chi connectivity index (χ0v) is 17.1. The molecule has 27 heavy (non-hydrogen) atoms. The summed E-state index contributed by atoms with van der Waals surface area (Å²) in [5, 5.41) is 0.458. The fourth-order valence-corrected chi connectivity index (χ4v) is 2.67. The molecule has 1 aliphatic rings. The molecular formula is C16H23BrO10. The van der Waals surface area contributed by atoms with Crippen LogP contribution in [-0.2, 0) is 47.6 Å². The van der Waals surface area contributed by atoms with Crippen molar-refractivity contribution in [2.45, 2.75) is 58.4 Å². The molecule has 0 aromatic heterocycles. The van der Waals surface area contributed by atoms with Gasteiger partial charge < -0.3 is 28.4 Å². The van der Waals surface area contributed by atoms with Gasteiger partial charge in [-0.15, -0.1) is 0 Å². The van der Waals surface area contributed by atoms with Gasteiger partial charge in [-0.05, 0) is 0 Å². The summed E-state index contributed by atoms with van der Waals surface area (Å²) in [6, 6.07) is 0. The van der Waals surface area contributed by atoms with E-state index in [2.05, 4.69) is 15.9 Å². The lowest BCUT2D eigenvalue weighted by atomic mass is 9.98. The summed E-state index contributed by atoms with van der Waals surface area (Å²) in [6.07, 6.45) is -5.73. The van der Waals surface area contributed by atoms with E-state index < -0.39 is 54.6 Å². The molecule has 0 bridgehead atoms. The van der Waals surface area contributed by atoms with E-state index in [-0.39, 0.29) is 13.2 Å². The van der Waals surface area contributed by atoms with Gasteiger partial charge in [0.15, 0.2) is 24.6 Å². The maximum atomic E-state index is 11.6. The first-order chi connectivity index (χ1) is 12.6. The third-order valence-corrected chi connectivity index (χ3v) is 3.63. The number of halogens is 1. The second-order valence-electron chi connectivity index (χ2n) is 5.63. The predicted octanol–water partition coefficient (Wildman–Crippen LogP) is 0.481. The highest BCUT2D eigenvalue weighted by molar-refractivity contribution is 9.09. The van der Waals surface area contributed by atoms with Crippen LogP contribution in [0.4, 0.5) is 0 Å². The number of carbonyl (C=O) groups excluding carboxylic acids is 4. The van der Waals surface area contributed by atoms with Gasteiger partial charge in [-0.2, -0.15) is 0 Å². The van der Waals surface area contributed by atoms with Gasteiger partial charge in [-0.1, -0.05) is 15.9 Å². The highest BCUT2D eigenvalue weighted by Gasteiger charge is 2.52. The van der Waals surface area contributed by atoms with Crippen LogP contribution in [-0.4, -0.2) is 73.1 Å². The Morgan fingerprint density at radius 1 is 0.815 bits per heavy atom. The van der Waals surface area contributed by atoms with Gasteiger partial charge in [0.1, 0.15) is 12.7 Å². The molecule has 1 fully saturated rings. The quantitative estimate of drug-likeness (QED) is 0.290.